The predicted octanol–water partition coefficient (Wildman–Crippen LogP) is 2.95. The van der Waals surface area contributed by atoms with Gasteiger partial charge in [-0.3, -0.25) is 9.59 Å². The molecule has 0 spiro atoms. The summed E-state index contributed by atoms with van der Waals surface area (Å²) in [4.78, 5) is 28.5. The van der Waals surface area contributed by atoms with Crippen molar-refractivity contribution in [3.8, 4) is 0 Å². The third-order valence-electron chi connectivity index (χ3n) is 4.97. The van der Waals surface area contributed by atoms with Gasteiger partial charge in [-0.2, -0.15) is 11.8 Å². The number of nitrogens with zero attached hydrogens (tertiary/aromatic N) is 2. The average Bonchev–Trinajstić information content (AvgIpc) is 2.55. The summed E-state index contributed by atoms with van der Waals surface area (Å²) in [6, 6.07) is 6.06. The van der Waals surface area contributed by atoms with Gasteiger partial charge in [0, 0.05) is 48.3 Å². The lowest BCUT2D eigenvalue weighted by Crippen LogP contribution is -2.48. The van der Waals surface area contributed by atoms with Gasteiger partial charge in [0.05, 0.1) is 0 Å². The summed E-state index contributed by atoms with van der Waals surface area (Å²) < 4.78 is 0. The monoisotopic (exact) mass is 332 g/mol. The van der Waals surface area contributed by atoms with Crippen LogP contribution in [0, 0.1) is 0 Å². The number of fused-ring (bicyclic) bond motifs is 1. The fourth-order valence-electron chi connectivity index (χ4n) is 3.44. The standard InChI is InChI=1S/C18H24N2O2S/c1-12-13(2)23-10-9-19(12)18(22)16-6-7-17-15(11-16)5-4-8-20(17)14(3)21/h6-7,11-13H,4-5,8-10H2,1-3H3/t12-,13+/m1/s1. The molecule has 2 aliphatic heterocycles. The van der Waals surface area contributed by atoms with Crippen LogP contribution in [0.3, 0.4) is 0 Å². The van der Waals surface area contributed by atoms with Crippen LogP contribution < -0.4 is 4.90 Å². The number of anilines is 1. The molecule has 0 saturated carbocycles. The molecule has 0 bridgehead atoms. The second kappa shape index (κ2) is 6.56. The molecule has 2 heterocycles. The lowest BCUT2D eigenvalue weighted by Gasteiger charge is -2.37. The minimum absolute atomic E-state index is 0.0699. The Kier molecular flexibility index (Phi) is 4.67. The zero-order chi connectivity index (χ0) is 16.6. The van der Waals surface area contributed by atoms with Crippen LogP contribution in [0.5, 0.6) is 0 Å². The zero-order valence-electron chi connectivity index (χ0n) is 14.0. The summed E-state index contributed by atoms with van der Waals surface area (Å²) in [6.07, 6.45) is 1.89. The number of hydrogen-bond acceptors (Lipinski definition) is 3. The molecule has 1 saturated heterocycles. The van der Waals surface area contributed by atoms with E-state index >= 15 is 0 Å². The Morgan fingerprint density at radius 3 is 2.74 bits per heavy atom. The maximum atomic E-state index is 12.9. The maximum Gasteiger partial charge on any atom is 0.254 e. The van der Waals surface area contributed by atoms with Gasteiger partial charge in [0.25, 0.3) is 5.91 Å². The summed E-state index contributed by atoms with van der Waals surface area (Å²) >= 11 is 1.93. The van der Waals surface area contributed by atoms with Crippen LogP contribution in [0.25, 0.3) is 0 Å². The number of carbonyl (C=O) groups is 2. The molecule has 0 radical (unpaired) electrons. The molecule has 5 heteroatoms. The molecule has 1 fully saturated rings. The van der Waals surface area contributed by atoms with Gasteiger partial charge in [0.2, 0.25) is 5.91 Å². The van der Waals surface area contributed by atoms with Gasteiger partial charge >= 0.3 is 0 Å². The summed E-state index contributed by atoms with van der Waals surface area (Å²) in [5, 5.41) is 0.471. The Hall–Kier alpha value is -1.49. The van der Waals surface area contributed by atoms with Crippen molar-refractivity contribution in [2.45, 2.75) is 44.9 Å². The van der Waals surface area contributed by atoms with Gasteiger partial charge in [-0.25, -0.2) is 0 Å². The third-order valence-corrected chi connectivity index (χ3v) is 6.31. The highest BCUT2D eigenvalue weighted by Crippen LogP contribution is 2.30. The van der Waals surface area contributed by atoms with Crippen LogP contribution in [0.15, 0.2) is 18.2 Å². The molecule has 23 heavy (non-hydrogen) atoms. The first kappa shape index (κ1) is 16.4. The molecular formula is C18H24N2O2S. The lowest BCUT2D eigenvalue weighted by molar-refractivity contribution is -0.116. The molecule has 2 amide bonds. The highest BCUT2D eigenvalue weighted by atomic mass is 32.2. The molecule has 2 aliphatic rings. The molecule has 0 unspecified atom stereocenters. The van der Waals surface area contributed by atoms with E-state index in [4.69, 9.17) is 0 Å². The molecular weight excluding hydrogens is 308 g/mol. The van der Waals surface area contributed by atoms with Gasteiger partial charge in [0.1, 0.15) is 0 Å². The van der Waals surface area contributed by atoms with E-state index in [1.807, 2.05) is 39.8 Å². The number of aryl methyl sites for hydroxylation is 1. The van der Waals surface area contributed by atoms with E-state index in [2.05, 4.69) is 13.8 Å². The van der Waals surface area contributed by atoms with E-state index in [0.717, 1.165) is 48.5 Å². The fraction of sp³-hybridized carbons (Fsp3) is 0.556. The van der Waals surface area contributed by atoms with Crippen LogP contribution in [0.4, 0.5) is 5.69 Å². The fourth-order valence-corrected chi connectivity index (χ4v) is 4.54. The first-order chi connectivity index (χ1) is 11.0. The van der Waals surface area contributed by atoms with Crippen LogP contribution >= 0.6 is 11.8 Å². The zero-order valence-corrected chi connectivity index (χ0v) is 14.9. The van der Waals surface area contributed by atoms with Crippen molar-refractivity contribution in [1.82, 2.24) is 4.90 Å². The van der Waals surface area contributed by atoms with E-state index < -0.39 is 0 Å². The van der Waals surface area contributed by atoms with Crippen molar-refractivity contribution in [2.24, 2.45) is 0 Å². The minimum atomic E-state index is 0.0699. The van der Waals surface area contributed by atoms with Crippen molar-refractivity contribution in [2.75, 3.05) is 23.7 Å². The molecule has 2 atom stereocenters. The second-order valence-corrected chi connectivity index (χ2v) is 7.92. The molecule has 0 N–H and O–H groups in total. The minimum Gasteiger partial charge on any atom is -0.334 e. The second-order valence-electron chi connectivity index (χ2n) is 6.43. The molecule has 4 nitrogen and oxygen atoms in total. The summed E-state index contributed by atoms with van der Waals surface area (Å²) in [5.41, 5.74) is 2.83. The van der Waals surface area contributed by atoms with Crippen molar-refractivity contribution in [3.05, 3.63) is 29.3 Å². The number of carbonyl (C=O) groups excluding carboxylic acids is 2. The normalized spacial score (nSPS) is 24.3. The van der Waals surface area contributed by atoms with E-state index in [-0.39, 0.29) is 17.9 Å². The molecule has 1 aromatic carbocycles. The van der Waals surface area contributed by atoms with E-state index in [0.29, 0.717) is 5.25 Å². The maximum absolute atomic E-state index is 12.9. The predicted molar refractivity (Wildman–Crippen MR) is 95.2 cm³/mol. The van der Waals surface area contributed by atoms with E-state index in [9.17, 15) is 9.59 Å². The van der Waals surface area contributed by atoms with Crippen molar-refractivity contribution in [3.63, 3.8) is 0 Å². The summed E-state index contributed by atoms with van der Waals surface area (Å²) in [5.74, 6) is 1.19. The van der Waals surface area contributed by atoms with Gasteiger partial charge < -0.3 is 9.80 Å². The van der Waals surface area contributed by atoms with Crippen LogP contribution in [0.2, 0.25) is 0 Å². The molecule has 0 aromatic heterocycles. The first-order valence-corrected chi connectivity index (χ1v) is 9.37. The molecule has 124 valence electrons. The Bertz CT molecular complexity index is 631. The summed E-state index contributed by atoms with van der Waals surface area (Å²) in [7, 11) is 0. The van der Waals surface area contributed by atoms with Crippen LogP contribution in [0.1, 0.15) is 43.1 Å². The number of rotatable bonds is 1. The lowest BCUT2D eigenvalue weighted by atomic mass is 9.98. The Balaban J connectivity index is 1.87. The average molecular weight is 332 g/mol. The summed E-state index contributed by atoms with van der Waals surface area (Å²) in [6.45, 7) is 7.50. The number of hydrogen-bond donors (Lipinski definition) is 0. The van der Waals surface area contributed by atoms with Crippen LogP contribution in [-0.2, 0) is 11.2 Å². The van der Waals surface area contributed by atoms with E-state index in [1.54, 1.807) is 6.92 Å². The number of benzene rings is 1. The topological polar surface area (TPSA) is 40.6 Å². The van der Waals surface area contributed by atoms with Crippen LogP contribution in [-0.4, -0.2) is 46.8 Å². The van der Waals surface area contributed by atoms with E-state index in [1.165, 1.54) is 0 Å². The number of amides is 2. The van der Waals surface area contributed by atoms with Crippen molar-refractivity contribution >= 4 is 29.3 Å². The van der Waals surface area contributed by atoms with Crippen molar-refractivity contribution in [1.29, 1.82) is 0 Å². The van der Waals surface area contributed by atoms with Gasteiger partial charge in [-0.05, 0) is 43.5 Å². The Labute approximate surface area is 142 Å². The SMILES string of the molecule is CC(=O)N1CCCc2cc(C(=O)N3CCS[C@@H](C)[C@H]3C)ccc21. The third kappa shape index (κ3) is 3.11. The molecule has 3 rings (SSSR count). The highest BCUT2D eigenvalue weighted by molar-refractivity contribution is 8.00. The molecule has 1 aromatic rings. The molecule has 0 aliphatic carbocycles. The van der Waals surface area contributed by atoms with Crippen molar-refractivity contribution < 1.29 is 9.59 Å². The first-order valence-electron chi connectivity index (χ1n) is 8.32. The largest absolute Gasteiger partial charge is 0.334 e. The Morgan fingerprint density at radius 2 is 2.00 bits per heavy atom. The van der Waals surface area contributed by atoms with Gasteiger partial charge in [0.15, 0.2) is 0 Å². The number of thioether (sulfide) groups is 1. The van der Waals surface area contributed by atoms with Gasteiger partial charge in [-0.1, -0.05) is 6.92 Å². The van der Waals surface area contributed by atoms with Gasteiger partial charge in [-0.15, -0.1) is 0 Å². The highest BCUT2D eigenvalue weighted by Gasteiger charge is 2.30. The quantitative estimate of drug-likeness (QED) is 0.794. The Morgan fingerprint density at radius 1 is 1.22 bits per heavy atom. The smallest absolute Gasteiger partial charge is 0.254 e.